The number of hydrogen-bond donors (Lipinski definition) is 1. The molecule has 1 aromatic carbocycles. The number of ketones is 1. The fourth-order valence-corrected chi connectivity index (χ4v) is 4.25. The summed E-state index contributed by atoms with van der Waals surface area (Å²) in [4.78, 5) is 36.1. The molecule has 1 saturated heterocycles. The molecule has 0 saturated carbocycles. The molecule has 1 N–H and O–H groups in total. The van der Waals surface area contributed by atoms with Crippen LogP contribution in [0.1, 0.15) is 26.3 Å². The minimum Gasteiger partial charge on any atom is -0.338 e. The van der Waals surface area contributed by atoms with Gasteiger partial charge in [0.05, 0.1) is 6.54 Å². The maximum absolute atomic E-state index is 12.0. The highest BCUT2D eigenvalue weighted by molar-refractivity contribution is 7.99. The highest BCUT2D eigenvalue weighted by atomic mass is 32.2. The fraction of sp³-hybridized carbons (Fsp3) is 0.458. The number of likely N-dealkylation sites (N-methyl/N-ethyl adjacent to an activating group) is 1. The molecule has 0 atom stereocenters. The summed E-state index contributed by atoms with van der Waals surface area (Å²) >= 11 is 1.49. The third-order valence-corrected chi connectivity index (χ3v) is 6.54. The quantitative estimate of drug-likeness (QED) is 0.667. The van der Waals surface area contributed by atoms with Crippen molar-refractivity contribution >= 4 is 35.3 Å². The number of amidine groups is 1. The Labute approximate surface area is 199 Å². The number of Topliss-reactive ketones (excluding diaryl/α,β-unsaturated/α-hetero) is 1. The van der Waals surface area contributed by atoms with Crippen molar-refractivity contribution in [1.29, 1.82) is 0 Å². The van der Waals surface area contributed by atoms with Gasteiger partial charge in [-0.15, -0.1) is 0 Å². The predicted octanol–water partition coefficient (Wildman–Crippen LogP) is 3.31. The summed E-state index contributed by atoms with van der Waals surface area (Å²) in [5.74, 6) is 2.26. The highest BCUT2D eigenvalue weighted by Gasteiger charge is 2.20. The van der Waals surface area contributed by atoms with E-state index >= 15 is 0 Å². The normalized spacial score (nSPS) is 16.7. The number of carbonyl (C=O) groups excluding carboxylic acids is 1. The minimum absolute atomic E-state index is 0.0475. The predicted molar refractivity (Wildman–Crippen MR) is 133 cm³/mol. The number of nitrogens with zero attached hydrogens (tertiary/aromatic N) is 6. The van der Waals surface area contributed by atoms with Crippen molar-refractivity contribution in [2.45, 2.75) is 37.2 Å². The van der Waals surface area contributed by atoms with Gasteiger partial charge in [0.1, 0.15) is 11.6 Å². The standard InChI is InChI=1S/C24H31N7OS/c1-16(2)20(32)14-18-5-7-19(8-6-18)33-24-28-22(26-21-13-17(3)15-25-21)27-23(29-24)31-11-9-30(4)10-12-31/h5-8,13,16H,9-12,14-15H2,1-4H3,(H,25,26,27,28,29). The summed E-state index contributed by atoms with van der Waals surface area (Å²) in [7, 11) is 2.13. The first kappa shape index (κ1) is 23.4. The Balaban J connectivity index is 1.54. The van der Waals surface area contributed by atoms with Crippen molar-refractivity contribution in [2.24, 2.45) is 10.9 Å². The maximum Gasteiger partial charge on any atom is 0.234 e. The lowest BCUT2D eigenvalue weighted by atomic mass is 10.0. The molecule has 33 heavy (non-hydrogen) atoms. The Bertz CT molecular complexity index is 1060. The van der Waals surface area contributed by atoms with E-state index in [0.717, 1.165) is 42.5 Å². The number of aromatic nitrogens is 3. The number of anilines is 2. The van der Waals surface area contributed by atoms with Gasteiger partial charge in [-0.3, -0.25) is 9.79 Å². The maximum atomic E-state index is 12.0. The number of nitrogens with one attached hydrogen (secondary N) is 1. The minimum atomic E-state index is 0.0475. The smallest absolute Gasteiger partial charge is 0.234 e. The molecule has 0 radical (unpaired) electrons. The molecule has 1 fully saturated rings. The van der Waals surface area contributed by atoms with Crippen LogP contribution in [-0.2, 0) is 11.2 Å². The molecule has 0 amide bonds. The van der Waals surface area contributed by atoms with E-state index in [1.165, 1.54) is 17.3 Å². The molecular weight excluding hydrogens is 434 g/mol. The van der Waals surface area contributed by atoms with E-state index in [4.69, 9.17) is 4.98 Å². The van der Waals surface area contributed by atoms with Crippen LogP contribution in [0, 0.1) is 5.92 Å². The van der Waals surface area contributed by atoms with Crippen molar-refractivity contribution < 1.29 is 4.79 Å². The van der Waals surface area contributed by atoms with Crippen molar-refractivity contribution in [2.75, 3.05) is 50.0 Å². The van der Waals surface area contributed by atoms with Gasteiger partial charge in [0.15, 0.2) is 5.16 Å². The van der Waals surface area contributed by atoms with Gasteiger partial charge in [-0.1, -0.05) is 26.0 Å². The molecule has 4 rings (SSSR count). The number of aliphatic imine (C=N–C) groups is 1. The van der Waals surface area contributed by atoms with Gasteiger partial charge in [0.25, 0.3) is 0 Å². The first-order valence-corrected chi connectivity index (χ1v) is 12.1. The molecule has 2 aliphatic rings. The van der Waals surface area contributed by atoms with Crippen LogP contribution >= 0.6 is 11.8 Å². The second kappa shape index (κ2) is 10.4. The molecule has 2 aliphatic heterocycles. The highest BCUT2D eigenvalue weighted by Crippen LogP contribution is 2.27. The Morgan fingerprint density at radius 3 is 2.45 bits per heavy atom. The topological polar surface area (TPSA) is 86.6 Å². The number of rotatable bonds is 7. The van der Waals surface area contributed by atoms with E-state index in [0.29, 0.717) is 30.0 Å². The monoisotopic (exact) mass is 465 g/mol. The average Bonchev–Trinajstić information content (AvgIpc) is 3.19. The second-order valence-corrected chi connectivity index (χ2v) is 9.93. The molecule has 3 heterocycles. The summed E-state index contributed by atoms with van der Waals surface area (Å²) in [5, 5.41) is 3.88. The summed E-state index contributed by atoms with van der Waals surface area (Å²) in [6.07, 6.45) is 2.48. The molecule has 0 bridgehead atoms. The number of hydrogen-bond acceptors (Lipinski definition) is 9. The Morgan fingerprint density at radius 2 is 1.82 bits per heavy atom. The van der Waals surface area contributed by atoms with Crippen LogP contribution in [0.25, 0.3) is 0 Å². The fourth-order valence-electron chi connectivity index (χ4n) is 3.51. The van der Waals surface area contributed by atoms with Gasteiger partial charge in [-0.05, 0) is 55.1 Å². The largest absolute Gasteiger partial charge is 0.338 e. The molecule has 0 aliphatic carbocycles. The van der Waals surface area contributed by atoms with Gasteiger partial charge in [0, 0.05) is 43.4 Å². The van der Waals surface area contributed by atoms with E-state index in [2.05, 4.69) is 44.0 Å². The van der Waals surface area contributed by atoms with Crippen LogP contribution in [0.5, 0.6) is 0 Å². The molecule has 174 valence electrons. The Hall–Kier alpha value is -2.78. The van der Waals surface area contributed by atoms with Crippen LogP contribution in [0.4, 0.5) is 11.9 Å². The van der Waals surface area contributed by atoms with Crippen LogP contribution in [-0.4, -0.2) is 71.2 Å². The molecule has 0 unspecified atom stereocenters. The molecule has 1 aromatic heterocycles. The third-order valence-electron chi connectivity index (χ3n) is 5.67. The molecule has 0 spiro atoms. The lowest BCUT2D eigenvalue weighted by molar-refractivity contribution is -0.121. The first-order chi connectivity index (χ1) is 15.9. The van der Waals surface area contributed by atoms with Gasteiger partial charge >= 0.3 is 0 Å². The molecule has 2 aromatic rings. The number of benzene rings is 1. The summed E-state index contributed by atoms with van der Waals surface area (Å²) < 4.78 is 0. The average molecular weight is 466 g/mol. The summed E-state index contributed by atoms with van der Waals surface area (Å²) in [6.45, 7) is 10.3. The molecule has 9 heteroatoms. The zero-order valence-corrected chi connectivity index (χ0v) is 20.5. The van der Waals surface area contributed by atoms with Gasteiger partial charge in [0.2, 0.25) is 11.9 Å². The van der Waals surface area contributed by atoms with Crippen molar-refractivity contribution in [1.82, 2.24) is 19.9 Å². The van der Waals surface area contributed by atoms with Crippen LogP contribution in [0.15, 0.2) is 51.0 Å². The van der Waals surface area contributed by atoms with E-state index < -0.39 is 0 Å². The van der Waals surface area contributed by atoms with E-state index in [9.17, 15) is 4.79 Å². The van der Waals surface area contributed by atoms with Crippen LogP contribution in [0.2, 0.25) is 0 Å². The second-order valence-electron chi connectivity index (χ2n) is 8.89. The van der Waals surface area contributed by atoms with Gasteiger partial charge < -0.3 is 15.1 Å². The molecule has 8 nitrogen and oxygen atoms in total. The van der Waals surface area contributed by atoms with E-state index in [-0.39, 0.29) is 11.7 Å². The van der Waals surface area contributed by atoms with E-state index in [1.54, 1.807) is 0 Å². The number of piperazine rings is 1. The number of carbonyl (C=O) groups is 1. The van der Waals surface area contributed by atoms with Crippen LogP contribution < -0.4 is 10.2 Å². The van der Waals surface area contributed by atoms with Crippen molar-refractivity contribution in [3.8, 4) is 0 Å². The van der Waals surface area contributed by atoms with Gasteiger partial charge in [-0.25, -0.2) is 0 Å². The Kier molecular flexibility index (Phi) is 7.39. The van der Waals surface area contributed by atoms with Crippen molar-refractivity contribution in [3.05, 3.63) is 41.5 Å². The lowest BCUT2D eigenvalue weighted by Crippen LogP contribution is -2.45. The molecular formula is C24H31N7OS. The van der Waals surface area contributed by atoms with Crippen molar-refractivity contribution in [3.63, 3.8) is 0 Å². The third kappa shape index (κ3) is 6.39. The SMILES string of the molecule is CC1=CC(Nc2nc(Sc3ccc(CC(=O)C(C)C)cc3)nc(N3CCN(C)CC3)n2)=NC1. The van der Waals surface area contributed by atoms with Gasteiger partial charge in [-0.2, -0.15) is 15.0 Å². The van der Waals surface area contributed by atoms with E-state index in [1.807, 2.05) is 44.2 Å². The first-order valence-electron chi connectivity index (χ1n) is 11.3. The zero-order valence-electron chi connectivity index (χ0n) is 19.7. The summed E-state index contributed by atoms with van der Waals surface area (Å²) in [6, 6.07) is 8.05. The summed E-state index contributed by atoms with van der Waals surface area (Å²) in [5.41, 5.74) is 2.23. The zero-order chi connectivity index (χ0) is 23.4. The van der Waals surface area contributed by atoms with Crippen LogP contribution in [0.3, 0.4) is 0 Å². The Morgan fingerprint density at radius 1 is 1.09 bits per heavy atom. The lowest BCUT2D eigenvalue weighted by Gasteiger charge is -2.32.